The number of nitrogens with zero attached hydrogens (tertiary/aromatic N) is 1. The Bertz CT molecular complexity index is 1100. The summed E-state index contributed by atoms with van der Waals surface area (Å²) in [5.74, 6) is -3.78. The third kappa shape index (κ3) is 5.06. The fraction of sp³-hybridized carbons (Fsp3) is 0.227. The monoisotopic (exact) mass is 429 g/mol. The average molecular weight is 429 g/mol. The van der Waals surface area contributed by atoms with E-state index in [2.05, 4.69) is 15.4 Å². The molecule has 0 aliphatic carbocycles. The van der Waals surface area contributed by atoms with Crippen LogP contribution in [0, 0.1) is 25.5 Å². The van der Waals surface area contributed by atoms with E-state index in [4.69, 9.17) is 0 Å². The van der Waals surface area contributed by atoms with Gasteiger partial charge < -0.3 is 15.4 Å². The molecule has 9 heteroatoms. The van der Waals surface area contributed by atoms with E-state index in [1.54, 1.807) is 6.07 Å². The van der Waals surface area contributed by atoms with E-state index in [0.717, 1.165) is 23.3 Å². The van der Waals surface area contributed by atoms with E-state index >= 15 is 0 Å². The minimum Gasteiger partial charge on any atom is -0.469 e. The molecule has 1 aliphatic heterocycles. The van der Waals surface area contributed by atoms with Crippen molar-refractivity contribution in [1.29, 1.82) is 0 Å². The molecule has 0 unspecified atom stereocenters. The van der Waals surface area contributed by atoms with Crippen LogP contribution in [0.4, 0.5) is 25.8 Å². The zero-order valence-corrected chi connectivity index (χ0v) is 17.2. The normalized spacial score (nSPS) is 13.0. The molecule has 0 radical (unpaired) electrons. The molecule has 2 aromatic rings. The third-order valence-electron chi connectivity index (χ3n) is 4.83. The van der Waals surface area contributed by atoms with Gasteiger partial charge in [0.05, 0.1) is 24.9 Å². The van der Waals surface area contributed by atoms with Crippen LogP contribution in [0.15, 0.2) is 42.1 Å². The van der Waals surface area contributed by atoms with E-state index in [9.17, 15) is 23.2 Å². The van der Waals surface area contributed by atoms with Crippen molar-refractivity contribution in [2.75, 3.05) is 29.2 Å². The van der Waals surface area contributed by atoms with Gasteiger partial charge in [-0.05, 0) is 49.2 Å². The topological polar surface area (TPSA) is 87.7 Å². The maximum absolute atomic E-state index is 13.4. The van der Waals surface area contributed by atoms with Crippen LogP contribution in [0.5, 0.6) is 0 Å². The van der Waals surface area contributed by atoms with Crippen LogP contribution < -0.4 is 15.5 Å². The van der Waals surface area contributed by atoms with Crippen molar-refractivity contribution in [3.05, 3.63) is 64.9 Å². The second kappa shape index (κ2) is 8.95. The van der Waals surface area contributed by atoms with E-state index in [1.165, 1.54) is 24.2 Å². The maximum Gasteiger partial charge on any atom is 0.311 e. The molecule has 3 rings (SSSR count). The predicted molar refractivity (Wildman–Crippen MR) is 112 cm³/mol. The van der Waals surface area contributed by atoms with Crippen LogP contribution in [0.3, 0.4) is 0 Å². The molecule has 0 bridgehead atoms. The standard InChI is InChI=1S/C22H21F2N3O4/c1-12-6-18-19(7-13(12)2)27(21(29)9-15(25-18)10-22(30)31-3)11-20(28)26-14-4-5-16(23)17(24)8-14/h4-9,25H,10-11H2,1-3H3,(H,26,28). The number of anilines is 3. The zero-order chi connectivity index (χ0) is 22.7. The van der Waals surface area contributed by atoms with Gasteiger partial charge in [-0.2, -0.15) is 0 Å². The molecular formula is C22H21F2N3O4. The lowest BCUT2D eigenvalue weighted by atomic mass is 10.1. The summed E-state index contributed by atoms with van der Waals surface area (Å²) in [7, 11) is 1.25. The largest absolute Gasteiger partial charge is 0.469 e. The van der Waals surface area contributed by atoms with E-state index in [-0.39, 0.29) is 18.7 Å². The molecule has 0 saturated carbocycles. The second-order valence-corrected chi connectivity index (χ2v) is 7.10. The van der Waals surface area contributed by atoms with Gasteiger partial charge in [-0.3, -0.25) is 19.3 Å². The molecule has 0 fully saturated rings. The van der Waals surface area contributed by atoms with Gasteiger partial charge in [0, 0.05) is 23.5 Å². The Labute approximate surface area is 177 Å². The van der Waals surface area contributed by atoms with Crippen LogP contribution >= 0.6 is 0 Å². The number of amides is 2. The van der Waals surface area contributed by atoms with Crippen molar-refractivity contribution in [3.8, 4) is 0 Å². The Balaban J connectivity index is 1.91. The number of methoxy groups -OCH3 is 1. The minimum atomic E-state index is -1.10. The molecule has 0 atom stereocenters. The number of benzene rings is 2. The van der Waals surface area contributed by atoms with Gasteiger partial charge in [0.1, 0.15) is 6.54 Å². The molecule has 1 aliphatic rings. The first-order valence-electron chi connectivity index (χ1n) is 9.40. The maximum atomic E-state index is 13.4. The average Bonchev–Trinajstić information content (AvgIpc) is 2.82. The fourth-order valence-corrected chi connectivity index (χ4v) is 3.08. The lowest BCUT2D eigenvalue weighted by Crippen LogP contribution is -2.37. The highest BCUT2D eigenvalue weighted by Crippen LogP contribution is 2.33. The predicted octanol–water partition coefficient (Wildman–Crippen LogP) is 3.43. The van der Waals surface area contributed by atoms with Crippen molar-refractivity contribution < 1.29 is 27.9 Å². The van der Waals surface area contributed by atoms with Gasteiger partial charge in [-0.25, -0.2) is 8.78 Å². The van der Waals surface area contributed by atoms with Crippen LogP contribution in [0.1, 0.15) is 17.5 Å². The number of aryl methyl sites for hydroxylation is 2. The van der Waals surface area contributed by atoms with Gasteiger partial charge in [-0.15, -0.1) is 0 Å². The van der Waals surface area contributed by atoms with Crippen molar-refractivity contribution >= 4 is 34.8 Å². The van der Waals surface area contributed by atoms with Gasteiger partial charge in [0.2, 0.25) is 5.91 Å². The van der Waals surface area contributed by atoms with Crippen molar-refractivity contribution in [2.24, 2.45) is 0 Å². The Morgan fingerprint density at radius 2 is 1.81 bits per heavy atom. The number of carbonyl (C=O) groups excluding carboxylic acids is 3. The number of halogens is 2. The molecule has 2 N–H and O–H groups in total. The molecule has 1 heterocycles. The zero-order valence-electron chi connectivity index (χ0n) is 17.2. The minimum absolute atomic E-state index is 0.0616. The Morgan fingerprint density at radius 3 is 2.48 bits per heavy atom. The first-order chi connectivity index (χ1) is 14.7. The summed E-state index contributed by atoms with van der Waals surface area (Å²) in [5, 5.41) is 5.52. The van der Waals surface area contributed by atoms with E-state index < -0.39 is 29.4 Å². The number of ether oxygens (including phenoxy) is 1. The van der Waals surface area contributed by atoms with Gasteiger partial charge in [0.15, 0.2) is 11.6 Å². The number of nitrogens with one attached hydrogen (secondary N) is 2. The smallest absolute Gasteiger partial charge is 0.311 e. The molecule has 31 heavy (non-hydrogen) atoms. The lowest BCUT2D eigenvalue weighted by Gasteiger charge is -2.23. The molecular weight excluding hydrogens is 408 g/mol. The summed E-state index contributed by atoms with van der Waals surface area (Å²) < 4.78 is 31.2. The van der Waals surface area contributed by atoms with Crippen LogP contribution in [0.25, 0.3) is 0 Å². The summed E-state index contributed by atoms with van der Waals surface area (Å²) >= 11 is 0. The Hall–Kier alpha value is -3.75. The second-order valence-electron chi connectivity index (χ2n) is 7.10. The summed E-state index contributed by atoms with van der Waals surface area (Å²) in [6.45, 7) is 3.39. The number of rotatable bonds is 5. The molecule has 0 spiro atoms. The Morgan fingerprint density at radius 1 is 1.10 bits per heavy atom. The molecule has 162 valence electrons. The highest BCUT2D eigenvalue weighted by Gasteiger charge is 2.26. The molecule has 7 nitrogen and oxygen atoms in total. The molecule has 0 aromatic heterocycles. The van der Waals surface area contributed by atoms with E-state index in [0.29, 0.717) is 17.1 Å². The van der Waals surface area contributed by atoms with Crippen LogP contribution in [-0.2, 0) is 19.1 Å². The van der Waals surface area contributed by atoms with Crippen LogP contribution in [-0.4, -0.2) is 31.4 Å². The first kappa shape index (κ1) is 21.9. The first-order valence-corrected chi connectivity index (χ1v) is 9.40. The number of esters is 1. The summed E-state index contributed by atoms with van der Waals surface area (Å²) in [5.41, 5.74) is 3.23. The Kier molecular flexibility index (Phi) is 6.33. The molecule has 0 saturated heterocycles. The summed E-state index contributed by atoms with van der Waals surface area (Å²) in [6.07, 6.45) is 1.08. The van der Waals surface area contributed by atoms with Gasteiger partial charge in [0.25, 0.3) is 5.91 Å². The van der Waals surface area contributed by atoms with Crippen LogP contribution in [0.2, 0.25) is 0 Å². The van der Waals surface area contributed by atoms with Crippen molar-refractivity contribution in [2.45, 2.75) is 20.3 Å². The van der Waals surface area contributed by atoms with Gasteiger partial charge >= 0.3 is 5.97 Å². The molecule has 2 amide bonds. The lowest BCUT2D eigenvalue weighted by molar-refractivity contribution is -0.139. The third-order valence-corrected chi connectivity index (χ3v) is 4.83. The summed E-state index contributed by atoms with van der Waals surface area (Å²) in [6, 6.07) is 6.55. The molecule has 2 aromatic carbocycles. The fourth-order valence-electron chi connectivity index (χ4n) is 3.08. The number of carbonyl (C=O) groups is 3. The highest BCUT2D eigenvalue weighted by atomic mass is 19.2. The SMILES string of the molecule is COC(=O)CC1=CC(=O)N(CC(=O)Nc2ccc(F)c(F)c2)c2cc(C)c(C)cc2N1. The van der Waals surface area contributed by atoms with Crippen molar-refractivity contribution in [3.63, 3.8) is 0 Å². The quantitative estimate of drug-likeness (QED) is 0.711. The number of hydrogen-bond donors (Lipinski definition) is 2. The van der Waals surface area contributed by atoms with Crippen molar-refractivity contribution in [1.82, 2.24) is 0 Å². The van der Waals surface area contributed by atoms with E-state index in [1.807, 2.05) is 19.9 Å². The summed E-state index contributed by atoms with van der Waals surface area (Å²) in [4.78, 5) is 38.4. The number of fused-ring (bicyclic) bond motifs is 1. The highest BCUT2D eigenvalue weighted by molar-refractivity contribution is 6.10. The number of hydrogen-bond acceptors (Lipinski definition) is 5. The van der Waals surface area contributed by atoms with Gasteiger partial charge in [-0.1, -0.05) is 0 Å².